The van der Waals surface area contributed by atoms with Crippen molar-refractivity contribution in [3.05, 3.63) is 34.9 Å². The van der Waals surface area contributed by atoms with Crippen molar-refractivity contribution in [3.63, 3.8) is 0 Å². The Bertz CT molecular complexity index is 714. The van der Waals surface area contributed by atoms with Crippen LogP contribution in [0.1, 0.15) is 83.8 Å². The van der Waals surface area contributed by atoms with Crippen LogP contribution < -0.4 is 9.47 Å². The van der Waals surface area contributed by atoms with Gasteiger partial charge in [-0.05, 0) is 64.2 Å². The third-order valence-electron chi connectivity index (χ3n) is 5.87. The smallest absolute Gasteiger partial charge is 0.308 e. The zero-order valence-corrected chi connectivity index (χ0v) is 16.9. The van der Waals surface area contributed by atoms with Gasteiger partial charge in [-0.25, -0.2) is 0 Å². The lowest BCUT2D eigenvalue weighted by Crippen LogP contribution is -2.45. The SMILES string of the molecule is CCCCCc1cc(OC(C)=O)c2c(c1)OC(C)(C)[C@@H]1CC=C(C)C[C@@H]21. The molecule has 0 fully saturated rings. The predicted octanol–water partition coefficient (Wildman–Crippen LogP) is 5.96. The number of rotatable bonds is 5. The molecule has 1 heterocycles. The number of esters is 1. The summed E-state index contributed by atoms with van der Waals surface area (Å²) in [6.45, 7) is 10.3. The largest absolute Gasteiger partial charge is 0.487 e. The molecule has 0 N–H and O–H groups in total. The molecule has 1 aliphatic heterocycles. The first-order chi connectivity index (χ1) is 12.3. The summed E-state index contributed by atoms with van der Waals surface area (Å²) in [4.78, 5) is 11.7. The normalized spacial score (nSPS) is 23.3. The quantitative estimate of drug-likeness (QED) is 0.283. The summed E-state index contributed by atoms with van der Waals surface area (Å²) in [6.07, 6.45) is 8.90. The monoisotopic (exact) mass is 356 g/mol. The summed E-state index contributed by atoms with van der Waals surface area (Å²) in [7, 11) is 0. The molecule has 142 valence electrons. The maximum absolute atomic E-state index is 11.7. The minimum Gasteiger partial charge on any atom is -0.487 e. The van der Waals surface area contributed by atoms with Crippen molar-refractivity contribution in [2.75, 3.05) is 0 Å². The van der Waals surface area contributed by atoms with Gasteiger partial charge >= 0.3 is 5.97 Å². The summed E-state index contributed by atoms with van der Waals surface area (Å²) < 4.78 is 12.1. The van der Waals surface area contributed by atoms with Crippen molar-refractivity contribution in [1.82, 2.24) is 0 Å². The van der Waals surface area contributed by atoms with Gasteiger partial charge in [-0.3, -0.25) is 4.79 Å². The van der Waals surface area contributed by atoms with E-state index in [1.165, 1.54) is 30.9 Å². The van der Waals surface area contributed by atoms with Crippen LogP contribution in [0.3, 0.4) is 0 Å². The van der Waals surface area contributed by atoms with E-state index in [1.54, 1.807) is 0 Å². The molecule has 0 spiro atoms. The predicted molar refractivity (Wildman–Crippen MR) is 105 cm³/mol. The van der Waals surface area contributed by atoms with E-state index in [0.717, 1.165) is 37.0 Å². The van der Waals surface area contributed by atoms with Crippen molar-refractivity contribution in [3.8, 4) is 11.5 Å². The summed E-state index contributed by atoms with van der Waals surface area (Å²) in [6, 6.07) is 4.26. The number of carbonyl (C=O) groups is 1. The van der Waals surface area contributed by atoms with Crippen LogP contribution in [-0.4, -0.2) is 11.6 Å². The van der Waals surface area contributed by atoms with Gasteiger partial charge in [-0.2, -0.15) is 0 Å². The van der Waals surface area contributed by atoms with E-state index >= 15 is 0 Å². The Labute approximate surface area is 157 Å². The molecule has 0 saturated carbocycles. The molecule has 0 bridgehead atoms. The average Bonchev–Trinajstić information content (AvgIpc) is 2.53. The van der Waals surface area contributed by atoms with E-state index in [9.17, 15) is 4.79 Å². The third-order valence-corrected chi connectivity index (χ3v) is 5.87. The molecule has 26 heavy (non-hydrogen) atoms. The van der Waals surface area contributed by atoms with Crippen molar-refractivity contribution in [1.29, 1.82) is 0 Å². The molecule has 3 heteroatoms. The average molecular weight is 357 g/mol. The second-order valence-corrected chi connectivity index (χ2v) is 8.47. The van der Waals surface area contributed by atoms with Gasteiger partial charge in [0.25, 0.3) is 0 Å². The van der Waals surface area contributed by atoms with Gasteiger partial charge in [0.1, 0.15) is 17.1 Å². The van der Waals surface area contributed by atoms with Gasteiger partial charge in [-0.15, -0.1) is 0 Å². The van der Waals surface area contributed by atoms with Crippen LogP contribution in [0.4, 0.5) is 0 Å². The molecule has 0 amide bonds. The molecule has 1 aliphatic carbocycles. The molecule has 0 radical (unpaired) electrons. The van der Waals surface area contributed by atoms with Gasteiger partial charge in [0.2, 0.25) is 0 Å². The standard InChI is InChI=1S/C23H32O3/c1-6-7-8-9-17-13-20(25-16(3)24)22-18-12-15(2)10-11-19(18)23(4,5)26-21(22)14-17/h10,13-14,18-19H,6-9,11-12H2,1-5H3/t18-,19-/m1/s1. The van der Waals surface area contributed by atoms with Crippen LogP contribution in [0.2, 0.25) is 0 Å². The fourth-order valence-corrected chi connectivity index (χ4v) is 4.56. The van der Waals surface area contributed by atoms with Gasteiger partial charge in [0, 0.05) is 24.3 Å². The van der Waals surface area contributed by atoms with E-state index in [-0.39, 0.29) is 11.6 Å². The number of hydrogen-bond donors (Lipinski definition) is 0. The van der Waals surface area contributed by atoms with E-state index in [2.05, 4.69) is 45.9 Å². The molecular formula is C23H32O3. The Hall–Kier alpha value is -1.77. The molecule has 1 aromatic rings. The van der Waals surface area contributed by atoms with Crippen molar-refractivity contribution in [2.45, 2.75) is 84.7 Å². The van der Waals surface area contributed by atoms with E-state index < -0.39 is 0 Å². The Morgan fingerprint density at radius 1 is 1.31 bits per heavy atom. The van der Waals surface area contributed by atoms with Gasteiger partial charge in [0.05, 0.1) is 0 Å². The number of aryl methyl sites for hydroxylation is 1. The first-order valence-corrected chi connectivity index (χ1v) is 10.0. The van der Waals surface area contributed by atoms with E-state index in [4.69, 9.17) is 9.47 Å². The van der Waals surface area contributed by atoms with Crippen LogP contribution in [-0.2, 0) is 11.2 Å². The number of fused-ring (bicyclic) bond motifs is 3. The second kappa shape index (κ2) is 7.46. The number of carbonyl (C=O) groups excluding carboxylic acids is 1. The van der Waals surface area contributed by atoms with Gasteiger partial charge in [-0.1, -0.05) is 31.4 Å². The number of ether oxygens (including phenoxy) is 2. The van der Waals surface area contributed by atoms with Gasteiger partial charge in [0.15, 0.2) is 0 Å². The van der Waals surface area contributed by atoms with Crippen molar-refractivity contribution >= 4 is 5.97 Å². The lowest BCUT2D eigenvalue weighted by Gasteiger charge is -2.47. The third kappa shape index (κ3) is 3.82. The molecule has 0 unspecified atom stereocenters. The zero-order chi connectivity index (χ0) is 18.9. The molecule has 0 saturated heterocycles. The van der Waals surface area contributed by atoms with Crippen LogP contribution in [0.5, 0.6) is 11.5 Å². The molecule has 0 aromatic heterocycles. The topological polar surface area (TPSA) is 35.5 Å². The van der Waals surface area contributed by atoms with E-state index in [1.807, 2.05) is 0 Å². The van der Waals surface area contributed by atoms with E-state index in [0.29, 0.717) is 17.6 Å². The fraction of sp³-hybridized carbons (Fsp3) is 0.609. The van der Waals surface area contributed by atoms with Crippen LogP contribution in [0.15, 0.2) is 23.8 Å². The highest BCUT2D eigenvalue weighted by Crippen LogP contribution is 2.54. The maximum atomic E-state index is 11.7. The molecule has 3 rings (SSSR count). The first-order valence-electron chi connectivity index (χ1n) is 10.0. The maximum Gasteiger partial charge on any atom is 0.308 e. The highest BCUT2D eigenvalue weighted by molar-refractivity contribution is 5.71. The highest BCUT2D eigenvalue weighted by Gasteiger charge is 2.46. The molecule has 2 atom stereocenters. The minimum absolute atomic E-state index is 0.218. The van der Waals surface area contributed by atoms with Crippen molar-refractivity contribution in [2.24, 2.45) is 5.92 Å². The molecule has 1 aromatic carbocycles. The first kappa shape index (κ1) is 19.0. The van der Waals surface area contributed by atoms with Crippen LogP contribution in [0, 0.1) is 5.92 Å². The zero-order valence-electron chi connectivity index (χ0n) is 16.9. The number of hydrogen-bond acceptors (Lipinski definition) is 3. The lowest BCUT2D eigenvalue weighted by atomic mass is 9.67. The summed E-state index contributed by atoms with van der Waals surface area (Å²) in [5.41, 5.74) is 3.49. The molecule has 2 aliphatic rings. The number of allylic oxidation sites excluding steroid dienone is 2. The Balaban J connectivity index is 2.05. The number of benzene rings is 1. The molecule has 3 nitrogen and oxygen atoms in total. The van der Waals surface area contributed by atoms with Gasteiger partial charge < -0.3 is 9.47 Å². The molecular weight excluding hydrogens is 324 g/mol. The summed E-state index contributed by atoms with van der Waals surface area (Å²) in [5, 5.41) is 0. The lowest BCUT2D eigenvalue weighted by molar-refractivity contribution is -0.132. The second-order valence-electron chi connectivity index (χ2n) is 8.47. The minimum atomic E-state index is -0.262. The van der Waals surface area contributed by atoms with Crippen molar-refractivity contribution < 1.29 is 14.3 Å². The summed E-state index contributed by atoms with van der Waals surface area (Å²) >= 11 is 0. The Morgan fingerprint density at radius 3 is 2.77 bits per heavy atom. The Morgan fingerprint density at radius 2 is 2.08 bits per heavy atom. The highest BCUT2D eigenvalue weighted by atomic mass is 16.5. The van der Waals surface area contributed by atoms with Crippen LogP contribution >= 0.6 is 0 Å². The number of unbranched alkanes of at least 4 members (excludes halogenated alkanes) is 2. The summed E-state index contributed by atoms with van der Waals surface area (Å²) in [5.74, 6) is 2.11. The van der Waals surface area contributed by atoms with Crippen LogP contribution in [0.25, 0.3) is 0 Å². The Kier molecular flexibility index (Phi) is 5.45. The fourth-order valence-electron chi connectivity index (χ4n) is 4.56.